The molecule has 1 fully saturated rings. The van der Waals surface area contributed by atoms with E-state index in [1.54, 1.807) is 0 Å². The molecule has 0 aliphatic heterocycles. The van der Waals surface area contributed by atoms with Gasteiger partial charge in [0.25, 0.3) is 0 Å². The maximum atomic E-state index is 5.53. The highest BCUT2D eigenvalue weighted by atomic mass is 16.5. The molecule has 0 aromatic heterocycles. The summed E-state index contributed by atoms with van der Waals surface area (Å²) in [5.41, 5.74) is 0. The van der Waals surface area contributed by atoms with Gasteiger partial charge in [-0.15, -0.1) is 0 Å². The molecule has 90 valence electrons. The van der Waals surface area contributed by atoms with Crippen LogP contribution in [0.3, 0.4) is 0 Å². The summed E-state index contributed by atoms with van der Waals surface area (Å²) in [5.74, 6) is 1.74. The summed E-state index contributed by atoms with van der Waals surface area (Å²) in [6.07, 6.45) is 4.44. The standard InChI is InChI=1S/C13H27NO/c1-5-15-12(4)9-14-13-7-6-10(2)8-11(13)3/h10-14H,5-9H2,1-4H3. The zero-order chi connectivity index (χ0) is 11.3. The molecule has 2 nitrogen and oxygen atoms in total. The Balaban J connectivity index is 2.20. The number of ether oxygens (including phenoxy) is 1. The molecule has 0 aromatic rings. The average molecular weight is 213 g/mol. The smallest absolute Gasteiger partial charge is 0.0671 e. The average Bonchev–Trinajstić information content (AvgIpc) is 2.17. The number of hydrogen-bond acceptors (Lipinski definition) is 2. The van der Waals surface area contributed by atoms with Gasteiger partial charge in [-0.3, -0.25) is 0 Å². The van der Waals surface area contributed by atoms with Gasteiger partial charge >= 0.3 is 0 Å². The van der Waals surface area contributed by atoms with E-state index in [1.165, 1.54) is 19.3 Å². The molecule has 1 aliphatic carbocycles. The lowest BCUT2D eigenvalue weighted by Gasteiger charge is -2.34. The minimum absolute atomic E-state index is 0.349. The molecule has 15 heavy (non-hydrogen) atoms. The van der Waals surface area contributed by atoms with Crippen LogP contribution in [0.15, 0.2) is 0 Å². The van der Waals surface area contributed by atoms with Crippen LogP contribution >= 0.6 is 0 Å². The van der Waals surface area contributed by atoms with E-state index in [1.807, 2.05) is 0 Å². The molecule has 0 spiro atoms. The van der Waals surface area contributed by atoms with Crippen LogP contribution in [0.5, 0.6) is 0 Å². The quantitative estimate of drug-likeness (QED) is 0.758. The first-order valence-electron chi connectivity index (χ1n) is 6.48. The molecule has 1 N–H and O–H groups in total. The van der Waals surface area contributed by atoms with Crippen molar-refractivity contribution in [3.8, 4) is 0 Å². The topological polar surface area (TPSA) is 21.3 Å². The van der Waals surface area contributed by atoms with Crippen LogP contribution in [0.2, 0.25) is 0 Å². The Bertz CT molecular complexity index is 172. The number of rotatable bonds is 5. The summed E-state index contributed by atoms with van der Waals surface area (Å²) in [4.78, 5) is 0. The first kappa shape index (κ1) is 13.0. The Morgan fingerprint density at radius 1 is 1.33 bits per heavy atom. The maximum absolute atomic E-state index is 5.53. The summed E-state index contributed by atoms with van der Waals surface area (Å²) in [6, 6.07) is 0.712. The molecule has 0 bridgehead atoms. The molecule has 0 amide bonds. The van der Waals surface area contributed by atoms with Crippen LogP contribution in [0.25, 0.3) is 0 Å². The number of hydrogen-bond donors (Lipinski definition) is 1. The third kappa shape index (κ3) is 4.52. The molecule has 1 aliphatic rings. The normalized spacial score (nSPS) is 34.0. The van der Waals surface area contributed by atoms with E-state index < -0.39 is 0 Å². The van der Waals surface area contributed by atoms with E-state index in [4.69, 9.17) is 4.74 Å². The molecule has 2 heteroatoms. The molecule has 0 aromatic carbocycles. The third-order valence-electron chi connectivity index (χ3n) is 3.55. The van der Waals surface area contributed by atoms with Crippen molar-refractivity contribution in [1.82, 2.24) is 5.32 Å². The van der Waals surface area contributed by atoms with Gasteiger partial charge < -0.3 is 10.1 Å². The molecular formula is C13H27NO. The highest BCUT2D eigenvalue weighted by molar-refractivity contribution is 4.81. The van der Waals surface area contributed by atoms with E-state index in [-0.39, 0.29) is 0 Å². The van der Waals surface area contributed by atoms with Crippen molar-refractivity contribution in [2.24, 2.45) is 11.8 Å². The van der Waals surface area contributed by atoms with Gasteiger partial charge in [-0.2, -0.15) is 0 Å². The highest BCUT2D eigenvalue weighted by Crippen LogP contribution is 2.28. The minimum Gasteiger partial charge on any atom is -0.377 e. The predicted molar refractivity (Wildman–Crippen MR) is 65.1 cm³/mol. The Morgan fingerprint density at radius 2 is 2.07 bits per heavy atom. The largest absolute Gasteiger partial charge is 0.377 e. The van der Waals surface area contributed by atoms with Gasteiger partial charge in [0.1, 0.15) is 0 Å². The van der Waals surface area contributed by atoms with E-state index in [2.05, 4.69) is 33.0 Å². The predicted octanol–water partition coefficient (Wildman–Crippen LogP) is 2.83. The van der Waals surface area contributed by atoms with Gasteiger partial charge in [0.2, 0.25) is 0 Å². The summed E-state index contributed by atoms with van der Waals surface area (Å²) >= 11 is 0. The summed E-state index contributed by atoms with van der Waals surface area (Å²) in [6.45, 7) is 10.8. The lowest BCUT2D eigenvalue weighted by molar-refractivity contribution is 0.0694. The zero-order valence-electron chi connectivity index (χ0n) is 10.8. The van der Waals surface area contributed by atoms with Crippen molar-refractivity contribution < 1.29 is 4.74 Å². The van der Waals surface area contributed by atoms with E-state index in [0.717, 1.165) is 25.0 Å². The van der Waals surface area contributed by atoms with Crippen LogP contribution in [0.4, 0.5) is 0 Å². The molecule has 0 radical (unpaired) electrons. The molecule has 0 heterocycles. The van der Waals surface area contributed by atoms with Gasteiger partial charge in [0.15, 0.2) is 0 Å². The van der Waals surface area contributed by atoms with Crippen molar-refractivity contribution in [3.63, 3.8) is 0 Å². The monoisotopic (exact) mass is 213 g/mol. The van der Waals surface area contributed by atoms with E-state index in [0.29, 0.717) is 12.1 Å². The zero-order valence-corrected chi connectivity index (χ0v) is 10.8. The van der Waals surface area contributed by atoms with Crippen molar-refractivity contribution in [2.45, 2.75) is 59.1 Å². The van der Waals surface area contributed by atoms with Crippen molar-refractivity contribution >= 4 is 0 Å². The Morgan fingerprint density at radius 3 is 2.67 bits per heavy atom. The van der Waals surface area contributed by atoms with Crippen LogP contribution < -0.4 is 5.32 Å². The van der Waals surface area contributed by atoms with Crippen LogP contribution in [-0.4, -0.2) is 25.3 Å². The summed E-state index contributed by atoms with van der Waals surface area (Å²) in [5, 5.41) is 3.65. The maximum Gasteiger partial charge on any atom is 0.0671 e. The fourth-order valence-electron chi connectivity index (χ4n) is 2.63. The van der Waals surface area contributed by atoms with E-state index >= 15 is 0 Å². The van der Waals surface area contributed by atoms with Crippen molar-refractivity contribution in [3.05, 3.63) is 0 Å². The second-order valence-electron chi connectivity index (χ2n) is 5.18. The van der Waals surface area contributed by atoms with Gasteiger partial charge in [-0.05, 0) is 44.9 Å². The third-order valence-corrected chi connectivity index (χ3v) is 3.55. The summed E-state index contributed by atoms with van der Waals surface area (Å²) < 4.78 is 5.53. The molecular weight excluding hydrogens is 186 g/mol. The second kappa shape index (κ2) is 6.49. The van der Waals surface area contributed by atoms with Crippen LogP contribution in [0.1, 0.15) is 47.0 Å². The molecule has 0 saturated heterocycles. The highest BCUT2D eigenvalue weighted by Gasteiger charge is 2.24. The molecule has 1 saturated carbocycles. The van der Waals surface area contributed by atoms with Crippen molar-refractivity contribution in [2.75, 3.05) is 13.2 Å². The van der Waals surface area contributed by atoms with Gasteiger partial charge in [-0.1, -0.05) is 13.8 Å². The van der Waals surface area contributed by atoms with Crippen molar-refractivity contribution in [1.29, 1.82) is 0 Å². The molecule has 4 unspecified atom stereocenters. The molecule has 1 rings (SSSR count). The number of nitrogens with one attached hydrogen (secondary N) is 1. The first-order valence-corrected chi connectivity index (χ1v) is 6.48. The van der Waals surface area contributed by atoms with Gasteiger partial charge in [0, 0.05) is 19.2 Å². The molecule has 4 atom stereocenters. The SMILES string of the molecule is CCOC(C)CNC1CCC(C)CC1C. The van der Waals surface area contributed by atoms with Crippen LogP contribution in [0, 0.1) is 11.8 Å². The van der Waals surface area contributed by atoms with Gasteiger partial charge in [-0.25, -0.2) is 0 Å². The second-order valence-corrected chi connectivity index (χ2v) is 5.18. The fourth-order valence-corrected chi connectivity index (χ4v) is 2.63. The van der Waals surface area contributed by atoms with Gasteiger partial charge in [0.05, 0.1) is 6.10 Å². The fraction of sp³-hybridized carbons (Fsp3) is 1.00. The van der Waals surface area contributed by atoms with Crippen LogP contribution in [-0.2, 0) is 4.74 Å². The lowest BCUT2D eigenvalue weighted by atomic mass is 9.80. The Kier molecular flexibility index (Phi) is 5.62. The van der Waals surface area contributed by atoms with E-state index in [9.17, 15) is 0 Å². The Labute approximate surface area is 94.8 Å². The minimum atomic E-state index is 0.349. The first-order chi connectivity index (χ1) is 7.13. The summed E-state index contributed by atoms with van der Waals surface area (Å²) in [7, 11) is 0. The lowest BCUT2D eigenvalue weighted by Crippen LogP contribution is -2.42. The Hall–Kier alpha value is -0.0800.